The zero-order chi connectivity index (χ0) is 10.3. The molecule has 0 aliphatic rings. The van der Waals surface area contributed by atoms with Gasteiger partial charge in [0.25, 0.3) is 0 Å². The lowest BCUT2D eigenvalue weighted by Crippen LogP contribution is -2.38. The standard InChI is InChI=1S/C7H15NO4Si/c1-10-6(8-5-9)4-7(13,11-2)12-3/h6H,4H2,1-3,13H3. The molecular formula is C7H15NO4Si. The van der Waals surface area contributed by atoms with Gasteiger partial charge in [0.15, 0.2) is 6.23 Å². The lowest BCUT2D eigenvalue weighted by atomic mass is 10.3. The Labute approximate surface area is 80.5 Å². The van der Waals surface area contributed by atoms with Crippen molar-refractivity contribution in [3.63, 3.8) is 0 Å². The molecule has 0 saturated carbocycles. The Bertz CT molecular complexity index is 189. The van der Waals surface area contributed by atoms with Gasteiger partial charge in [-0.05, 0) is 0 Å². The molecule has 6 heteroatoms. The van der Waals surface area contributed by atoms with Gasteiger partial charge in [0, 0.05) is 27.8 Å². The summed E-state index contributed by atoms with van der Waals surface area (Å²) in [7, 11) is 5.23. The van der Waals surface area contributed by atoms with E-state index in [4.69, 9.17) is 14.2 Å². The third kappa shape index (κ3) is 4.30. The lowest BCUT2D eigenvalue weighted by molar-refractivity contribution is -0.162. The van der Waals surface area contributed by atoms with E-state index < -0.39 is 11.6 Å². The second kappa shape index (κ2) is 6.01. The maximum absolute atomic E-state index is 9.99. The Hall–Kier alpha value is -0.523. The first kappa shape index (κ1) is 12.5. The highest BCUT2D eigenvalue weighted by molar-refractivity contribution is 6.13. The minimum Gasteiger partial charge on any atom is -0.359 e. The summed E-state index contributed by atoms with van der Waals surface area (Å²) in [6.07, 6.45) is 1.30. The number of carbonyl (C=O) groups excluding carboxylic acids is 1. The maximum atomic E-state index is 9.99. The van der Waals surface area contributed by atoms with E-state index in [0.717, 1.165) is 0 Å². The Kier molecular flexibility index (Phi) is 5.77. The molecule has 0 aromatic carbocycles. The van der Waals surface area contributed by atoms with Crippen LogP contribution in [0.25, 0.3) is 0 Å². The second-order valence-corrected chi connectivity index (χ2v) is 4.18. The van der Waals surface area contributed by atoms with Crippen LogP contribution in [0.1, 0.15) is 6.42 Å². The Morgan fingerprint density at radius 1 is 1.46 bits per heavy atom. The summed E-state index contributed by atoms with van der Waals surface area (Å²) >= 11 is 0. The minimum atomic E-state index is -0.652. The predicted octanol–water partition coefficient (Wildman–Crippen LogP) is -1.00. The molecule has 0 aromatic rings. The van der Waals surface area contributed by atoms with Crippen molar-refractivity contribution in [2.75, 3.05) is 21.3 Å². The predicted molar refractivity (Wildman–Crippen MR) is 50.2 cm³/mol. The van der Waals surface area contributed by atoms with Crippen molar-refractivity contribution < 1.29 is 19.0 Å². The molecule has 0 aliphatic carbocycles. The molecule has 0 spiro atoms. The minimum absolute atomic E-state index is 0.401. The molecule has 0 aliphatic heterocycles. The van der Waals surface area contributed by atoms with Crippen LogP contribution in [0.2, 0.25) is 0 Å². The Morgan fingerprint density at radius 2 is 2.00 bits per heavy atom. The Balaban J connectivity index is 4.26. The number of isocyanates is 1. The molecule has 0 N–H and O–H groups in total. The molecule has 0 bridgehead atoms. The van der Waals surface area contributed by atoms with Crippen molar-refractivity contribution in [2.24, 2.45) is 4.99 Å². The number of hydrogen-bond acceptors (Lipinski definition) is 5. The number of nitrogens with zero attached hydrogens (tertiary/aromatic N) is 1. The zero-order valence-corrected chi connectivity index (χ0v) is 10.4. The highest BCUT2D eigenvalue weighted by Gasteiger charge is 2.27. The van der Waals surface area contributed by atoms with Crippen molar-refractivity contribution in [1.82, 2.24) is 0 Å². The summed E-state index contributed by atoms with van der Waals surface area (Å²) in [4.78, 5) is 13.5. The first-order valence-corrected chi connectivity index (χ1v) is 4.82. The van der Waals surface area contributed by atoms with Gasteiger partial charge in [-0.3, -0.25) is 0 Å². The number of methoxy groups -OCH3 is 3. The lowest BCUT2D eigenvalue weighted by Gasteiger charge is -2.28. The van der Waals surface area contributed by atoms with Crippen LogP contribution in [0, 0.1) is 0 Å². The summed E-state index contributed by atoms with van der Waals surface area (Å²) in [5, 5.41) is 0. The summed E-state index contributed by atoms with van der Waals surface area (Å²) in [5.41, 5.74) is -0.652. The Morgan fingerprint density at radius 3 is 2.31 bits per heavy atom. The monoisotopic (exact) mass is 205 g/mol. The third-order valence-electron chi connectivity index (χ3n) is 1.88. The normalized spacial score (nSPS) is 13.8. The molecule has 1 unspecified atom stereocenters. The smallest absolute Gasteiger partial charge is 0.237 e. The summed E-state index contributed by atoms with van der Waals surface area (Å²) in [6, 6.07) is 0. The van der Waals surface area contributed by atoms with Crippen LogP contribution in [0.15, 0.2) is 4.99 Å². The van der Waals surface area contributed by atoms with E-state index in [1.165, 1.54) is 13.2 Å². The average Bonchev–Trinajstić information content (AvgIpc) is 2.17. The molecule has 0 saturated heterocycles. The molecule has 0 fully saturated rings. The van der Waals surface area contributed by atoms with Crippen LogP contribution < -0.4 is 0 Å². The van der Waals surface area contributed by atoms with Crippen molar-refractivity contribution in [3.05, 3.63) is 0 Å². The van der Waals surface area contributed by atoms with Crippen LogP contribution in [0.3, 0.4) is 0 Å². The highest BCUT2D eigenvalue weighted by Crippen LogP contribution is 2.16. The second-order valence-electron chi connectivity index (χ2n) is 2.66. The van der Waals surface area contributed by atoms with Gasteiger partial charge in [-0.2, -0.15) is 4.99 Å². The number of rotatable bonds is 6. The van der Waals surface area contributed by atoms with Crippen molar-refractivity contribution in [2.45, 2.75) is 18.1 Å². The largest absolute Gasteiger partial charge is 0.359 e. The van der Waals surface area contributed by atoms with Crippen molar-refractivity contribution >= 4 is 16.3 Å². The van der Waals surface area contributed by atoms with Gasteiger partial charge >= 0.3 is 0 Å². The van der Waals surface area contributed by atoms with Crippen molar-refractivity contribution in [3.8, 4) is 0 Å². The SMILES string of the molecule is COC(CC([SiH3])(OC)OC)N=C=O. The first-order chi connectivity index (χ1) is 6.11. The van der Waals surface area contributed by atoms with Gasteiger partial charge in [0.2, 0.25) is 6.08 Å². The van der Waals surface area contributed by atoms with E-state index in [2.05, 4.69) is 4.99 Å². The average molecular weight is 205 g/mol. The van der Waals surface area contributed by atoms with E-state index in [0.29, 0.717) is 16.7 Å². The number of hydrogen-bond donors (Lipinski definition) is 0. The van der Waals surface area contributed by atoms with Crippen LogP contribution >= 0.6 is 0 Å². The van der Waals surface area contributed by atoms with Gasteiger partial charge in [-0.15, -0.1) is 0 Å². The van der Waals surface area contributed by atoms with E-state index in [9.17, 15) is 4.79 Å². The van der Waals surface area contributed by atoms with Crippen LogP contribution in [0.5, 0.6) is 0 Å². The molecule has 0 heterocycles. The quantitative estimate of drug-likeness (QED) is 0.241. The topological polar surface area (TPSA) is 57.1 Å². The van der Waals surface area contributed by atoms with Gasteiger partial charge < -0.3 is 14.2 Å². The highest BCUT2D eigenvalue weighted by atomic mass is 28.1. The fourth-order valence-corrected chi connectivity index (χ4v) is 1.16. The van der Waals surface area contributed by atoms with Gasteiger partial charge in [0.1, 0.15) is 5.41 Å². The van der Waals surface area contributed by atoms with Crippen LogP contribution in [-0.4, -0.2) is 49.3 Å². The molecule has 76 valence electrons. The fraction of sp³-hybridized carbons (Fsp3) is 0.857. The van der Waals surface area contributed by atoms with E-state index in [1.807, 2.05) is 0 Å². The van der Waals surface area contributed by atoms with Gasteiger partial charge in [-0.25, -0.2) is 4.79 Å². The van der Waals surface area contributed by atoms with E-state index in [1.54, 1.807) is 14.2 Å². The number of aliphatic imine (C=N–C) groups is 1. The molecule has 5 nitrogen and oxygen atoms in total. The zero-order valence-electron chi connectivity index (χ0n) is 8.36. The molecule has 1 atom stereocenters. The van der Waals surface area contributed by atoms with E-state index >= 15 is 0 Å². The molecular weight excluding hydrogens is 190 g/mol. The summed E-state index contributed by atoms with van der Waals surface area (Å²) in [5.74, 6) is 0. The van der Waals surface area contributed by atoms with Crippen LogP contribution in [-0.2, 0) is 19.0 Å². The van der Waals surface area contributed by atoms with E-state index in [-0.39, 0.29) is 0 Å². The molecule has 13 heavy (non-hydrogen) atoms. The number of ether oxygens (including phenoxy) is 3. The molecule has 0 rings (SSSR count). The molecule has 0 radical (unpaired) electrons. The fourth-order valence-electron chi connectivity index (χ4n) is 0.808. The van der Waals surface area contributed by atoms with Gasteiger partial charge in [-0.1, -0.05) is 0 Å². The van der Waals surface area contributed by atoms with Crippen LogP contribution in [0.4, 0.5) is 0 Å². The molecule has 0 amide bonds. The van der Waals surface area contributed by atoms with Gasteiger partial charge in [0.05, 0.1) is 10.2 Å². The van der Waals surface area contributed by atoms with Crippen molar-refractivity contribution in [1.29, 1.82) is 0 Å². The maximum Gasteiger partial charge on any atom is 0.237 e. The molecule has 0 aromatic heterocycles. The summed E-state index contributed by atoms with van der Waals surface area (Å²) in [6.45, 7) is 0. The third-order valence-corrected chi connectivity index (χ3v) is 3.10. The summed E-state index contributed by atoms with van der Waals surface area (Å²) < 4.78 is 15.2. The first-order valence-electron chi connectivity index (χ1n) is 3.82.